The lowest BCUT2D eigenvalue weighted by Crippen LogP contribution is -2.39. The fourth-order valence-electron chi connectivity index (χ4n) is 3.13. The maximum absolute atomic E-state index is 13.1. The third-order valence-electron chi connectivity index (χ3n) is 4.31. The van der Waals surface area contributed by atoms with Gasteiger partial charge in [0.2, 0.25) is 10.0 Å². The number of sulfonamides is 1. The van der Waals surface area contributed by atoms with Crippen molar-refractivity contribution >= 4 is 22.0 Å². The molecule has 25 heavy (non-hydrogen) atoms. The topological polar surface area (TPSA) is 90.0 Å². The summed E-state index contributed by atoms with van der Waals surface area (Å²) in [4.78, 5) is 24.4. The number of hydrogen-bond acceptors (Lipinski definition) is 6. The van der Waals surface area contributed by atoms with E-state index in [9.17, 15) is 18.0 Å². The maximum Gasteiger partial charge on any atom is 0.336 e. The van der Waals surface area contributed by atoms with Crippen LogP contribution in [0, 0.1) is 6.92 Å². The van der Waals surface area contributed by atoms with Crippen LogP contribution in [0.15, 0.2) is 52.5 Å². The van der Waals surface area contributed by atoms with Crippen molar-refractivity contribution in [1.82, 2.24) is 4.31 Å². The Morgan fingerprint density at radius 1 is 0.920 bits per heavy atom. The summed E-state index contributed by atoms with van der Waals surface area (Å²) in [6.45, 7) is 1.85. The molecule has 2 aliphatic heterocycles. The summed E-state index contributed by atoms with van der Waals surface area (Å²) in [7, 11) is -1.57. The summed E-state index contributed by atoms with van der Waals surface area (Å²) in [5.41, 5.74) is 0.917. The highest BCUT2D eigenvalue weighted by Gasteiger charge is 2.53. The minimum absolute atomic E-state index is 0.00228. The van der Waals surface area contributed by atoms with Crippen molar-refractivity contribution < 1.29 is 27.5 Å². The van der Waals surface area contributed by atoms with Crippen molar-refractivity contribution in [2.24, 2.45) is 0 Å². The smallest absolute Gasteiger partial charge is 0.336 e. The van der Waals surface area contributed by atoms with E-state index in [1.807, 2.05) is 6.92 Å². The van der Waals surface area contributed by atoms with Crippen molar-refractivity contribution in [3.63, 3.8) is 0 Å². The van der Waals surface area contributed by atoms with Gasteiger partial charge in [-0.25, -0.2) is 18.0 Å². The van der Waals surface area contributed by atoms with Gasteiger partial charge >= 0.3 is 11.9 Å². The number of carbonyl (C=O) groups is 2. The second kappa shape index (κ2) is 6.12. The van der Waals surface area contributed by atoms with E-state index in [1.165, 1.54) is 26.4 Å². The van der Waals surface area contributed by atoms with Crippen molar-refractivity contribution in [3.8, 4) is 0 Å². The minimum atomic E-state index is -3.93. The van der Waals surface area contributed by atoms with Crippen LogP contribution in [-0.2, 0) is 29.1 Å². The van der Waals surface area contributed by atoms with E-state index in [1.54, 1.807) is 24.3 Å². The van der Waals surface area contributed by atoms with Gasteiger partial charge in [0.1, 0.15) is 0 Å². The van der Waals surface area contributed by atoms with Gasteiger partial charge in [-0.05, 0) is 19.1 Å². The highest BCUT2D eigenvalue weighted by molar-refractivity contribution is 7.89. The molecule has 0 aromatic heterocycles. The number of hydrogen-bond donors (Lipinski definition) is 0. The average Bonchev–Trinajstić information content (AvgIpc) is 3.17. The molecule has 0 fully saturated rings. The van der Waals surface area contributed by atoms with Gasteiger partial charge in [0.25, 0.3) is 0 Å². The summed E-state index contributed by atoms with van der Waals surface area (Å²) in [5.74, 6) is -1.50. The third-order valence-corrected chi connectivity index (χ3v) is 6.19. The molecule has 2 aliphatic rings. The number of carbonyl (C=O) groups excluding carboxylic acids is 2. The molecule has 0 N–H and O–H groups in total. The molecule has 0 amide bonds. The van der Waals surface area contributed by atoms with Gasteiger partial charge < -0.3 is 9.47 Å². The number of rotatable bonds is 4. The van der Waals surface area contributed by atoms with E-state index in [-0.39, 0.29) is 16.0 Å². The van der Waals surface area contributed by atoms with Gasteiger partial charge in [0, 0.05) is 0 Å². The van der Waals surface area contributed by atoms with Gasteiger partial charge in [-0.1, -0.05) is 29.8 Å². The first-order valence-electron chi connectivity index (χ1n) is 7.52. The first-order chi connectivity index (χ1) is 11.8. The fraction of sp³-hybridized carbons (Fsp3) is 0.294. The predicted octanol–water partition coefficient (Wildman–Crippen LogP) is 0.949. The zero-order valence-electron chi connectivity index (χ0n) is 13.9. The molecular formula is C17H17NO6S. The zero-order valence-corrected chi connectivity index (χ0v) is 14.7. The second-order valence-corrected chi connectivity index (χ2v) is 7.58. The van der Waals surface area contributed by atoms with Gasteiger partial charge in [-0.15, -0.1) is 0 Å². The van der Waals surface area contributed by atoms with Crippen molar-refractivity contribution in [2.75, 3.05) is 14.2 Å². The number of esters is 2. The number of methoxy groups -OCH3 is 2. The van der Waals surface area contributed by atoms with Crippen LogP contribution in [0.1, 0.15) is 5.56 Å². The Hall–Kier alpha value is -2.45. The molecule has 0 unspecified atom stereocenters. The Labute approximate surface area is 145 Å². The maximum atomic E-state index is 13.1. The highest BCUT2D eigenvalue weighted by Crippen LogP contribution is 2.42. The molecule has 0 radical (unpaired) electrons. The third kappa shape index (κ3) is 2.58. The molecule has 132 valence electrons. The van der Waals surface area contributed by atoms with Gasteiger partial charge in [-0.3, -0.25) is 0 Å². The Bertz CT molecular complexity index is 862. The van der Waals surface area contributed by atoms with Crippen LogP contribution in [-0.4, -0.2) is 51.0 Å². The van der Waals surface area contributed by atoms with Crippen LogP contribution in [0.3, 0.4) is 0 Å². The molecule has 2 atom stereocenters. The SMILES string of the molecule is COC(=O)C1=C(C(=O)OC)[C@@H]2C=C[C@H]1N2S(=O)(=O)c1ccc(C)cc1. The number of aryl methyl sites for hydroxylation is 1. The first-order valence-corrected chi connectivity index (χ1v) is 8.96. The van der Waals surface area contributed by atoms with Gasteiger partial charge in [0.05, 0.1) is 42.3 Å². The van der Waals surface area contributed by atoms with E-state index in [4.69, 9.17) is 9.47 Å². The Balaban J connectivity index is 2.08. The monoisotopic (exact) mass is 363 g/mol. The molecule has 0 saturated heterocycles. The number of ether oxygens (including phenoxy) is 2. The average molecular weight is 363 g/mol. The summed E-state index contributed by atoms with van der Waals surface area (Å²) < 4.78 is 36.8. The molecule has 2 heterocycles. The molecule has 8 heteroatoms. The molecule has 1 aromatic rings. The fourth-order valence-corrected chi connectivity index (χ4v) is 4.80. The van der Waals surface area contributed by atoms with Crippen LogP contribution in [0.2, 0.25) is 0 Å². The molecule has 2 bridgehead atoms. The van der Waals surface area contributed by atoms with Crippen molar-refractivity contribution in [1.29, 1.82) is 0 Å². The van der Waals surface area contributed by atoms with Crippen LogP contribution >= 0.6 is 0 Å². The Kier molecular flexibility index (Phi) is 4.26. The van der Waals surface area contributed by atoms with Crippen LogP contribution in [0.5, 0.6) is 0 Å². The zero-order chi connectivity index (χ0) is 18.4. The van der Waals surface area contributed by atoms with E-state index >= 15 is 0 Å². The lowest BCUT2D eigenvalue weighted by Gasteiger charge is -2.23. The summed E-state index contributed by atoms with van der Waals surface area (Å²) in [5, 5.41) is 0. The van der Waals surface area contributed by atoms with E-state index in [0.29, 0.717) is 0 Å². The van der Waals surface area contributed by atoms with Crippen molar-refractivity contribution in [2.45, 2.75) is 23.9 Å². The normalized spacial score (nSPS) is 22.4. The number of fused-ring (bicyclic) bond motifs is 2. The van der Waals surface area contributed by atoms with E-state index in [2.05, 4.69) is 0 Å². The number of nitrogens with zero attached hydrogens (tertiary/aromatic N) is 1. The van der Waals surface area contributed by atoms with Gasteiger partial charge in [0.15, 0.2) is 0 Å². The van der Waals surface area contributed by atoms with Crippen LogP contribution < -0.4 is 0 Å². The van der Waals surface area contributed by atoms with Crippen LogP contribution in [0.25, 0.3) is 0 Å². The molecule has 3 rings (SSSR count). The lowest BCUT2D eigenvalue weighted by atomic mass is 9.97. The highest BCUT2D eigenvalue weighted by atomic mass is 32.2. The second-order valence-electron chi connectivity index (χ2n) is 5.73. The standard InChI is InChI=1S/C17H17NO6S/c1-10-4-6-11(7-5-10)25(21,22)18-12-8-9-13(18)15(17(20)24-3)14(12)16(19)23-2/h4-9,12-13H,1-3H3/t12-,13+. The molecular weight excluding hydrogens is 346 g/mol. The predicted molar refractivity (Wildman–Crippen MR) is 88.0 cm³/mol. The molecule has 7 nitrogen and oxygen atoms in total. The van der Waals surface area contributed by atoms with E-state index < -0.39 is 34.0 Å². The summed E-state index contributed by atoms with van der Waals surface area (Å²) in [6, 6.07) is 4.59. The lowest BCUT2D eigenvalue weighted by molar-refractivity contribution is -0.139. The Morgan fingerprint density at radius 2 is 1.36 bits per heavy atom. The first kappa shape index (κ1) is 17.4. The summed E-state index contributed by atoms with van der Waals surface area (Å²) >= 11 is 0. The van der Waals surface area contributed by atoms with E-state index in [0.717, 1.165) is 9.87 Å². The molecule has 0 aliphatic carbocycles. The largest absolute Gasteiger partial charge is 0.466 e. The number of benzene rings is 1. The molecule has 1 aromatic carbocycles. The Morgan fingerprint density at radius 3 is 1.76 bits per heavy atom. The van der Waals surface area contributed by atoms with Gasteiger partial charge in [-0.2, -0.15) is 4.31 Å². The summed E-state index contributed by atoms with van der Waals surface area (Å²) in [6.07, 6.45) is 3.16. The molecule has 0 saturated carbocycles. The quantitative estimate of drug-likeness (QED) is 0.584. The molecule has 0 spiro atoms. The van der Waals surface area contributed by atoms with Crippen LogP contribution in [0.4, 0.5) is 0 Å². The van der Waals surface area contributed by atoms with Crippen molar-refractivity contribution in [3.05, 3.63) is 53.1 Å². The minimum Gasteiger partial charge on any atom is -0.466 e.